The molecule has 0 bridgehead atoms. The van der Waals surface area contributed by atoms with Crippen molar-refractivity contribution in [3.63, 3.8) is 0 Å². The van der Waals surface area contributed by atoms with E-state index in [1.54, 1.807) is 30.2 Å². The highest BCUT2D eigenvalue weighted by atomic mass is 35.5. The number of ether oxygens (including phenoxy) is 1. The zero-order valence-corrected chi connectivity index (χ0v) is 22.1. The van der Waals surface area contributed by atoms with E-state index in [-0.39, 0.29) is 16.0 Å². The van der Waals surface area contributed by atoms with Gasteiger partial charge in [-0.2, -0.15) is 13.2 Å². The monoisotopic (exact) mass is 543 g/mol. The van der Waals surface area contributed by atoms with Crippen LogP contribution in [0.5, 0.6) is 0 Å². The number of amides is 1. The van der Waals surface area contributed by atoms with Crippen LogP contribution in [0.15, 0.2) is 21.8 Å². The van der Waals surface area contributed by atoms with Gasteiger partial charge in [-0.05, 0) is 45.1 Å². The molecule has 0 atom stereocenters. The van der Waals surface area contributed by atoms with Crippen LogP contribution in [-0.4, -0.2) is 53.1 Å². The van der Waals surface area contributed by atoms with E-state index >= 15 is 0 Å². The van der Waals surface area contributed by atoms with E-state index in [2.05, 4.69) is 0 Å². The predicted molar refractivity (Wildman–Crippen MR) is 135 cm³/mol. The maximum Gasteiger partial charge on any atom is 0.417 e. The number of carbonyl (C=O) groups excluding carboxylic acids is 1. The predicted octanol–water partition coefficient (Wildman–Crippen LogP) is 6.01. The molecule has 1 aromatic carbocycles. The second kappa shape index (κ2) is 8.75. The molecular formula is C25H29ClF3N3O3S. The smallest absolute Gasteiger partial charge is 0.417 e. The van der Waals surface area contributed by atoms with Crippen LogP contribution in [-0.2, 0) is 17.5 Å². The minimum absolute atomic E-state index is 0.0945. The molecule has 6 nitrogen and oxygen atoms in total. The first kappa shape index (κ1) is 25.6. The first-order chi connectivity index (χ1) is 16.8. The van der Waals surface area contributed by atoms with Crippen molar-refractivity contribution >= 4 is 46.0 Å². The number of rotatable bonds is 1. The van der Waals surface area contributed by atoms with Gasteiger partial charge in [-0.25, -0.2) is 4.79 Å². The van der Waals surface area contributed by atoms with Crippen molar-refractivity contribution in [1.29, 1.82) is 0 Å². The summed E-state index contributed by atoms with van der Waals surface area (Å²) >= 11 is 7.71. The third-order valence-corrected chi connectivity index (χ3v) is 9.22. The van der Waals surface area contributed by atoms with Gasteiger partial charge in [-0.1, -0.05) is 18.0 Å². The van der Waals surface area contributed by atoms with Gasteiger partial charge >= 0.3 is 12.3 Å². The van der Waals surface area contributed by atoms with Gasteiger partial charge in [0.1, 0.15) is 5.60 Å². The molecule has 1 aromatic heterocycles. The summed E-state index contributed by atoms with van der Waals surface area (Å²) in [5, 5.41) is 0.0346. The third-order valence-electron chi connectivity index (χ3n) is 7.27. The fourth-order valence-corrected chi connectivity index (χ4v) is 7.11. The third kappa shape index (κ3) is 4.55. The molecule has 1 spiro atoms. The fraction of sp³-hybridized carbons (Fsp3) is 0.600. The quantitative estimate of drug-likeness (QED) is 0.441. The Morgan fingerprint density at radius 1 is 1.11 bits per heavy atom. The molecular weight excluding hydrogens is 515 g/mol. The van der Waals surface area contributed by atoms with Crippen molar-refractivity contribution in [2.24, 2.45) is 5.41 Å². The molecule has 2 aromatic rings. The summed E-state index contributed by atoms with van der Waals surface area (Å²) in [7, 11) is 0. The first-order valence-electron chi connectivity index (χ1n) is 12.1. The van der Waals surface area contributed by atoms with Gasteiger partial charge in [0.2, 0.25) is 0 Å². The molecule has 0 N–H and O–H groups in total. The Bertz CT molecular complexity index is 1280. The van der Waals surface area contributed by atoms with Crippen LogP contribution in [0.2, 0.25) is 5.02 Å². The second-order valence-electron chi connectivity index (χ2n) is 11.0. The zero-order chi connectivity index (χ0) is 26.0. The molecule has 0 radical (unpaired) electrons. The molecule has 5 rings (SSSR count). The lowest BCUT2D eigenvalue weighted by molar-refractivity contribution is -0.137. The van der Waals surface area contributed by atoms with E-state index < -0.39 is 23.4 Å². The number of alkyl halides is 3. The maximum absolute atomic E-state index is 14.0. The molecule has 3 heterocycles. The minimum atomic E-state index is -4.63. The van der Waals surface area contributed by atoms with Crippen molar-refractivity contribution in [3.05, 3.63) is 33.1 Å². The van der Waals surface area contributed by atoms with E-state index in [0.29, 0.717) is 60.0 Å². The van der Waals surface area contributed by atoms with E-state index in [1.807, 2.05) is 4.90 Å². The SMILES string of the molecule is CC(C)(C)OC(=O)N1CCN(c2cc(=O)n3c4c(c(Cl)c(C(F)(F)F)cc24)SCC2(CCC2)C3)CC1. The zero-order valence-electron chi connectivity index (χ0n) is 20.5. The van der Waals surface area contributed by atoms with E-state index in [9.17, 15) is 22.8 Å². The molecule has 11 heteroatoms. The average molecular weight is 544 g/mol. The summed E-state index contributed by atoms with van der Waals surface area (Å²) < 4.78 is 49.2. The van der Waals surface area contributed by atoms with E-state index in [0.717, 1.165) is 25.3 Å². The average Bonchev–Trinajstić information content (AvgIpc) is 2.95. The highest BCUT2D eigenvalue weighted by Crippen LogP contribution is 2.53. The van der Waals surface area contributed by atoms with Crippen LogP contribution in [0, 0.1) is 5.41 Å². The number of halogens is 4. The summed E-state index contributed by atoms with van der Waals surface area (Å²) in [5.74, 6) is 0.633. The van der Waals surface area contributed by atoms with Crippen LogP contribution in [0.1, 0.15) is 45.6 Å². The van der Waals surface area contributed by atoms with Crippen LogP contribution < -0.4 is 10.5 Å². The second-order valence-corrected chi connectivity index (χ2v) is 12.4. The number of pyridine rings is 1. The highest BCUT2D eigenvalue weighted by Gasteiger charge is 2.42. The first-order valence-corrected chi connectivity index (χ1v) is 13.5. The number of anilines is 1. The number of aromatic nitrogens is 1. The fourth-order valence-electron chi connectivity index (χ4n) is 5.27. The number of hydrogen-bond acceptors (Lipinski definition) is 5. The van der Waals surface area contributed by atoms with Crippen molar-refractivity contribution < 1.29 is 22.7 Å². The summed E-state index contributed by atoms with van der Waals surface area (Å²) in [5.41, 5.74) is -0.911. The van der Waals surface area contributed by atoms with Gasteiger partial charge in [-0.3, -0.25) is 4.79 Å². The molecule has 3 aliphatic rings. The molecule has 2 fully saturated rings. The number of hydrogen-bond donors (Lipinski definition) is 0. The molecule has 1 amide bonds. The summed E-state index contributed by atoms with van der Waals surface area (Å²) in [4.78, 5) is 29.7. The number of benzene rings is 1. The summed E-state index contributed by atoms with van der Waals surface area (Å²) in [6, 6.07) is 2.54. The number of nitrogens with zero attached hydrogens (tertiary/aromatic N) is 3. The van der Waals surface area contributed by atoms with Gasteiger partial charge in [0.15, 0.2) is 0 Å². The van der Waals surface area contributed by atoms with Gasteiger partial charge in [0.25, 0.3) is 5.56 Å². The van der Waals surface area contributed by atoms with E-state index in [4.69, 9.17) is 16.3 Å². The topological polar surface area (TPSA) is 54.8 Å². The maximum atomic E-state index is 14.0. The van der Waals surface area contributed by atoms with Crippen molar-refractivity contribution in [2.75, 3.05) is 36.8 Å². The van der Waals surface area contributed by atoms with Crippen LogP contribution in [0.4, 0.5) is 23.7 Å². The molecule has 1 aliphatic carbocycles. The molecule has 196 valence electrons. The number of piperazine rings is 1. The van der Waals surface area contributed by atoms with Crippen molar-refractivity contribution in [1.82, 2.24) is 9.47 Å². The van der Waals surface area contributed by atoms with Crippen molar-refractivity contribution in [2.45, 2.75) is 63.3 Å². The number of carbonyl (C=O) groups is 1. The summed E-state index contributed by atoms with van der Waals surface area (Å²) in [6.07, 6.45) is -2.11. The largest absolute Gasteiger partial charge is 0.444 e. The molecule has 36 heavy (non-hydrogen) atoms. The lowest BCUT2D eigenvalue weighted by Crippen LogP contribution is -2.50. The molecule has 0 unspecified atom stereocenters. The highest BCUT2D eigenvalue weighted by molar-refractivity contribution is 7.99. The molecule has 1 saturated carbocycles. The van der Waals surface area contributed by atoms with Crippen LogP contribution >= 0.6 is 23.4 Å². The molecule has 2 aliphatic heterocycles. The van der Waals surface area contributed by atoms with Crippen LogP contribution in [0.25, 0.3) is 10.9 Å². The van der Waals surface area contributed by atoms with Gasteiger partial charge in [0, 0.05) is 49.9 Å². The Morgan fingerprint density at radius 3 is 2.33 bits per heavy atom. The Labute approximate surface area is 216 Å². The Hall–Kier alpha value is -2.07. The lowest BCUT2D eigenvalue weighted by atomic mass is 9.70. The standard InChI is InChI=1S/C25H29ClF3N3O3S/c1-23(2,3)35-22(34)31-9-7-30(8-10-31)17-12-18(33)32-13-24(5-4-6-24)14-36-21-19(26)16(25(27,28)29)11-15(17)20(21)32/h11-12H,4-10,13-14H2,1-3H3. The van der Waals surface area contributed by atoms with E-state index in [1.165, 1.54) is 17.8 Å². The van der Waals surface area contributed by atoms with Crippen LogP contribution in [0.3, 0.4) is 0 Å². The van der Waals surface area contributed by atoms with Gasteiger partial charge in [0.05, 0.1) is 26.7 Å². The Balaban J connectivity index is 1.58. The van der Waals surface area contributed by atoms with Gasteiger partial charge < -0.3 is 19.1 Å². The van der Waals surface area contributed by atoms with Gasteiger partial charge in [-0.15, -0.1) is 11.8 Å². The normalized spacial score (nSPS) is 19.9. The molecule has 1 saturated heterocycles. The Morgan fingerprint density at radius 2 is 1.78 bits per heavy atom. The summed E-state index contributed by atoms with van der Waals surface area (Å²) in [6.45, 7) is 7.28. The van der Waals surface area contributed by atoms with Crippen molar-refractivity contribution in [3.8, 4) is 0 Å². The lowest BCUT2D eigenvalue weighted by Gasteiger charge is -2.41. The number of thioether (sulfide) groups is 1. The Kier molecular flexibility index (Phi) is 6.22. The minimum Gasteiger partial charge on any atom is -0.444 e.